The molecule has 1 saturated carbocycles. The molecule has 2 rings (SSSR count). The van der Waals surface area contributed by atoms with Crippen molar-refractivity contribution in [1.29, 1.82) is 5.26 Å². The van der Waals surface area contributed by atoms with Crippen LogP contribution in [0.25, 0.3) is 0 Å². The normalized spacial score (nSPS) is 15.8. The Morgan fingerprint density at radius 3 is 2.83 bits per heavy atom. The fraction of sp³-hybridized carbons (Fsp3) is 0.429. The molecule has 0 aromatic heterocycles. The Hall–Kier alpha value is -2.02. The van der Waals surface area contributed by atoms with Gasteiger partial charge in [0.05, 0.1) is 18.2 Å². The number of rotatable bonds is 4. The highest BCUT2D eigenvalue weighted by molar-refractivity contribution is 5.91. The van der Waals surface area contributed by atoms with Gasteiger partial charge in [-0.2, -0.15) is 5.26 Å². The number of carbonyl (C=O) groups is 1. The molecule has 0 amide bonds. The number of nitrogens with zero attached hydrogens (tertiary/aromatic N) is 1. The molecule has 1 fully saturated rings. The van der Waals surface area contributed by atoms with Crippen LogP contribution < -0.4 is 5.73 Å². The minimum atomic E-state index is -0.336. The van der Waals surface area contributed by atoms with Gasteiger partial charge in [-0.15, -0.1) is 0 Å². The van der Waals surface area contributed by atoms with Gasteiger partial charge >= 0.3 is 5.97 Å². The standard InChI is InChI=1S/C14H16N2O2/c1-10-8-11(16)2-3-12(10)13(17)18-9-14(4-5-14)6-7-15/h2-3,8H,4-6,9,16H2,1H3. The van der Waals surface area contributed by atoms with Crippen LogP contribution in [0.2, 0.25) is 0 Å². The third-order valence-electron chi connectivity index (χ3n) is 3.39. The Morgan fingerprint density at radius 1 is 1.56 bits per heavy atom. The van der Waals surface area contributed by atoms with E-state index in [9.17, 15) is 4.79 Å². The van der Waals surface area contributed by atoms with Gasteiger partial charge in [-0.3, -0.25) is 0 Å². The molecule has 0 spiro atoms. The largest absolute Gasteiger partial charge is 0.461 e. The Bertz CT molecular complexity index is 513. The van der Waals surface area contributed by atoms with Crippen molar-refractivity contribution in [3.63, 3.8) is 0 Å². The van der Waals surface area contributed by atoms with Crippen LogP contribution in [-0.4, -0.2) is 12.6 Å². The average Bonchev–Trinajstić information content (AvgIpc) is 3.07. The van der Waals surface area contributed by atoms with Gasteiger partial charge in [0.25, 0.3) is 0 Å². The summed E-state index contributed by atoms with van der Waals surface area (Å²) < 4.78 is 5.30. The molecule has 2 N–H and O–H groups in total. The molecule has 1 aliphatic carbocycles. The van der Waals surface area contributed by atoms with Gasteiger partial charge in [0.2, 0.25) is 0 Å². The molecular weight excluding hydrogens is 228 g/mol. The quantitative estimate of drug-likeness (QED) is 0.652. The second-order valence-electron chi connectivity index (χ2n) is 4.99. The zero-order valence-corrected chi connectivity index (χ0v) is 10.4. The van der Waals surface area contributed by atoms with E-state index in [0.717, 1.165) is 18.4 Å². The number of benzene rings is 1. The third kappa shape index (κ3) is 2.62. The minimum absolute atomic E-state index is 0.0773. The van der Waals surface area contributed by atoms with Crippen LogP contribution in [0.3, 0.4) is 0 Å². The number of esters is 1. The van der Waals surface area contributed by atoms with Crippen molar-refractivity contribution in [3.05, 3.63) is 29.3 Å². The lowest BCUT2D eigenvalue weighted by atomic mass is 10.1. The SMILES string of the molecule is Cc1cc(N)ccc1C(=O)OCC1(CC#N)CC1. The molecule has 0 bridgehead atoms. The van der Waals surface area contributed by atoms with Gasteiger partial charge in [-0.05, 0) is 43.5 Å². The van der Waals surface area contributed by atoms with Crippen LogP contribution in [0.4, 0.5) is 5.69 Å². The predicted molar refractivity (Wildman–Crippen MR) is 67.8 cm³/mol. The van der Waals surface area contributed by atoms with Gasteiger partial charge in [-0.25, -0.2) is 4.79 Å². The van der Waals surface area contributed by atoms with Crippen LogP contribution in [0.15, 0.2) is 18.2 Å². The summed E-state index contributed by atoms with van der Waals surface area (Å²) in [7, 11) is 0. The topological polar surface area (TPSA) is 76.1 Å². The summed E-state index contributed by atoms with van der Waals surface area (Å²) in [6, 6.07) is 7.26. The first-order valence-electron chi connectivity index (χ1n) is 5.97. The monoisotopic (exact) mass is 244 g/mol. The number of nitrogens with two attached hydrogens (primary N) is 1. The lowest BCUT2D eigenvalue weighted by Crippen LogP contribution is -2.15. The molecule has 0 unspecified atom stereocenters. The van der Waals surface area contributed by atoms with Crippen LogP contribution in [0.5, 0.6) is 0 Å². The highest BCUT2D eigenvalue weighted by Gasteiger charge is 2.43. The lowest BCUT2D eigenvalue weighted by Gasteiger charge is -2.12. The summed E-state index contributed by atoms with van der Waals surface area (Å²) in [4.78, 5) is 11.9. The first-order chi connectivity index (χ1) is 8.56. The van der Waals surface area contributed by atoms with E-state index < -0.39 is 0 Å². The van der Waals surface area contributed by atoms with Crippen molar-refractivity contribution < 1.29 is 9.53 Å². The number of aryl methyl sites for hydroxylation is 1. The number of nitriles is 1. The molecule has 0 radical (unpaired) electrons. The highest BCUT2D eigenvalue weighted by Crippen LogP contribution is 2.48. The fourth-order valence-corrected chi connectivity index (χ4v) is 1.93. The summed E-state index contributed by atoms with van der Waals surface area (Å²) in [5.74, 6) is -0.336. The molecule has 0 saturated heterocycles. The van der Waals surface area contributed by atoms with E-state index in [1.54, 1.807) is 18.2 Å². The molecule has 1 aliphatic rings. The van der Waals surface area contributed by atoms with Crippen molar-refractivity contribution >= 4 is 11.7 Å². The molecule has 0 aliphatic heterocycles. The van der Waals surface area contributed by atoms with Crippen molar-refractivity contribution in [1.82, 2.24) is 0 Å². The Kier molecular flexibility index (Phi) is 3.24. The van der Waals surface area contributed by atoms with Gasteiger partial charge in [0.1, 0.15) is 0 Å². The van der Waals surface area contributed by atoms with Crippen molar-refractivity contribution in [3.8, 4) is 6.07 Å². The molecule has 1 aromatic carbocycles. The summed E-state index contributed by atoms with van der Waals surface area (Å²) in [5.41, 5.74) is 7.54. The van der Waals surface area contributed by atoms with Gasteiger partial charge in [0, 0.05) is 17.5 Å². The average molecular weight is 244 g/mol. The van der Waals surface area contributed by atoms with Crippen LogP contribution in [0.1, 0.15) is 35.2 Å². The second-order valence-corrected chi connectivity index (χ2v) is 4.99. The number of nitrogen functional groups attached to an aromatic ring is 1. The number of ether oxygens (including phenoxy) is 1. The van der Waals surface area contributed by atoms with Crippen LogP contribution >= 0.6 is 0 Å². The number of anilines is 1. The summed E-state index contributed by atoms with van der Waals surface area (Å²) in [6.45, 7) is 2.17. The van der Waals surface area contributed by atoms with Gasteiger partial charge in [0.15, 0.2) is 0 Å². The van der Waals surface area contributed by atoms with Crippen LogP contribution in [-0.2, 0) is 4.74 Å². The van der Waals surface area contributed by atoms with Crippen LogP contribution in [0, 0.1) is 23.7 Å². The third-order valence-corrected chi connectivity index (χ3v) is 3.39. The lowest BCUT2D eigenvalue weighted by molar-refractivity contribution is 0.0418. The zero-order valence-electron chi connectivity index (χ0n) is 10.4. The molecule has 1 aromatic rings. The Labute approximate surface area is 106 Å². The highest BCUT2D eigenvalue weighted by atomic mass is 16.5. The van der Waals surface area contributed by atoms with E-state index in [4.69, 9.17) is 15.7 Å². The molecule has 0 atom stereocenters. The minimum Gasteiger partial charge on any atom is -0.461 e. The second kappa shape index (κ2) is 4.69. The Morgan fingerprint density at radius 2 is 2.28 bits per heavy atom. The van der Waals surface area contributed by atoms with E-state index in [-0.39, 0.29) is 11.4 Å². The smallest absolute Gasteiger partial charge is 0.338 e. The van der Waals surface area contributed by atoms with Crippen molar-refractivity contribution in [2.24, 2.45) is 5.41 Å². The summed E-state index contributed by atoms with van der Waals surface area (Å²) >= 11 is 0. The summed E-state index contributed by atoms with van der Waals surface area (Å²) in [5, 5.41) is 8.69. The maximum atomic E-state index is 11.9. The summed E-state index contributed by atoms with van der Waals surface area (Å²) in [6.07, 6.45) is 2.39. The van der Waals surface area contributed by atoms with Crippen molar-refractivity contribution in [2.75, 3.05) is 12.3 Å². The number of hydrogen-bond acceptors (Lipinski definition) is 4. The number of carbonyl (C=O) groups excluding carboxylic acids is 1. The van der Waals surface area contributed by atoms with Crippen molar-refractivity contribution in [2.45, 2.75) is 26.2 Å². The first kappa shape index (κ1) is 12.4. The predicted octanol–water partition coefficient (Wildman–Crippen LogP) is 2.43. The van der Waals surface area contributed by atoms with E-state index in [1.165, 1.54) is 0 Å². The molecule has 4 nitrogen and oxygen atoms in total. The van der Waals surface area contributed by atoms with E-state index in [1.807, 2.05) is 6.92 Å². The molecule has 18 heavy (non-hydrogen) atoms. The van der Waals surface area contributed by atoms with E-state index in [0.29, 0.717) is 24.3 Å². The Balaban J connectivity index is 1.98. The first-order valence-corrected chi connectivity index (χ1v) is 5.97. The maximum absolute atomic E-state index is 11.9. The van der Waals surface area contributed by atoms with Gasteiger partial charge in [-0.1, -0.05) is 0 Å². The molecule has 0 heterocycles. The molecule has 94 valence electrons. The molecular formula is C14H16N2O2. The number of hydrogen-bond donors (Lipinski definition) is 1. The zero-order chi connectivity index (χ0) is 13.2. The maximum Gasteiger partial charge on any atom is 0.338 e. The fourth-order valence-electron chi connectivity index (χ4n) is 1.93. The molecule has 4 heteroatoms. The van der Waals surface area contributed by atoms with E-state index >= 15 is 0 Å². The van der Waals surface area contributed by atoms with Gasteiger partial charge < -0.3 is 10.5 Å². The van der Waals surface area contributed by atoms with E-state index in [2.05, 4.69) is 6.07 Å².